The zero-order chi connectivity index (χ0) is 11.5. The van der Waals surface area contributed by atoms with Crippen molar-refractivity contribution in [2.24, 2.45) is 5.73 Å². The summed E-state index contributed by atoms with van der Waals surface area (Å²) in [5.41, 5.74) is 6.50. The molecule has 0 saturated heterocycles. The Morgan fingerprint density at radius 2 is 1.88 bits per heavy atom. The zero-order valence-corrected chi connectivity index (χ0v) is 8.40. The van der Waals surface area contributed by atoms with E-state index in [2.05, 4.69) is 10.3 Å². The van der Waals surface area contributed by atoms with E-state index in [1.54, 1.807) is 6.20 Å². The Kier molecular flexibility index (Phi) is 2.91. The molecule has 0 bridgehead atoms. The number of benzene rings is 1. The van der Waals surface area contributed by atoms with Crippen molar-refractivity contribution in [2.45, 2.75) is 13.1 Å². The van der Waals surface area contributed by atoms with Crippen LogP contribution in [-0.2, 0) is 13.1 Å². The standard InChI is InChI=1S/C10H10F2N4/c11-8-1-7(2-9(12)3-8)5-16-6-10(4-13)14-15-16/h1-3,6H,4-5,13H2. The lowest BCUT2D eigenvalue weighted by atomic mass is 10.2. The van der Waals surface area contributed by atoms with E-state index in [-0.39, 0.29) is 13.1 Å². The van der Waals surface area contributed by atoms with Gasteiger partial charge in [0.2, 0.25) is 0 Å². The SMILES string of the molecule is NCc1cn(Cc2cc(F)cc(F)c2)nn1. The third kappa shape index (κ3) is 2.40. The van der Waals surface area contributed by atoms with E-state index in [0.717, 1.165) is 6.07 Å². The quantitative estimate of drug-likeness (QED) is 0.848. The van der Waals surface area contributed by atoms with Gasteiger partial charge in [-0.1, -0.05) is 5.21 Å². The fourth-order valence-electron chi connectivity index (χ4n) is 1.40. The van der Waals surface area contributed by atoms with Crippen molar-refractivity contribution < 1.29 is 8.78 Å². The Morgan fingerprint density at radius 1 is 1.19 bits per heavy atom. The van der Waals surface area contributed by atoms with Crippen LogP contribution < -0.4 is 5.73 Å². The van der Waals surface area contributed by atoms with E-state index >= 15 is 0 Å². The summed E-state index contributed by atoms with van der Waals surface area (Å²) in [5, 5.41) is 7.56. The Morgan fingerprint density at radius 3 is 2.44 bits per heavy atom. The second-order valence-corrected chi connectivity index (χ2v) is 3.39. The number of halogens is 2. The van der Waals surface area contributed by atoms with E-state index in [0.29, 0.717) is 11.3 Å². The van der Waals surface area contributed by atoms with Crippen LogP contribution in [0.4, 0.5) is 8.78 Å². The maximum atomic E-state index is 12.9. The van der Waals surface area contributed by atoms with E-state index in [1.807, 2.05) is 0 Å². The first-order valence-corrected chi connectivity index (χ1v) is 4.71. The lowest BCUT2D eigenvalue weighted by Gasteiger charge is -2.01. The summed E-state index contributed by atoms with van der Waals surface area (Å²) in [6.07, 6.45) is 1.64. The third-order valence-corrected chi connectivity index (χ3v) is 2.06. The van der Waals surface area contributed by atoms with Gasteiger partial charge in [0.25, 0.3) is 0 Å². The Hall–Kier alpha value is -1.82. The van der Waals surface area contributed by atoms with Crippen LogP contribution in [0, 0.1) is 11.6 Å². The first kappa shape index (κ1) is 10.7. The van der Waals surface area contributed by atoms with Gasteiger partial charge in [0.1, 0.15) is 11.6 Å². The molecule has 2 N–H and O–H groups in total. The van der Waals surface area contributed by atoms with Crippen molar-refractivity contribution in [1.29, 1.82) is 0 Å². The summed E-state index contributed by atoms with van der Waals surface area (Å²) in [6, 6.07) is 3.34. The van der Waals surface area contributed by atoms with Crippen molar-refractivity contribution in [3.8, 4) is 0 Å². The molecule has 0 saturated carbocycles. The molecular formula is C10H10F2N4. The molecule has 0 aliphatic carbocycles. The second-order valence-electron chi connectivity index (χ2n) is 3.39. The summed E-state index contributed by atoms with van der Waals surface area (Å²) in [7, 11) is 0. The average Bonchev–Trinajstić information content (AvgIpc) is 2.64. The first-order chi connectivity index (χ1) is 7.67. The van der Waals surface area contributed by atoms with Crippen LogP contribution >= 0.6 is 0 Å². The van der Waals surface area contributed by atoms with Crippen LogP contribution in [-0.4, -0.2) is 15.0 Å². The number of rotatable bonds is 3. The van der Waals surface area contributed by atoms with Crippen LogP contribution in [0.25, 0.3) is 0 Å². The summed E-state index contributed by atoms with van der Waals surface area (Å²) in [5.74, 6) is -1.21. The second kappa shape index (κ2) is 4.36. The van der Waals surface area contributed by atoms with E-state index in [1.165, 1.54) is 16.8 Å². The first-order valence-electron chi connectivity index (χ1n) is 4.71. The molecule has 1 aromatic heterocycles. The maximum absolute atomic E-state index is 12.9. The summed E-state index contributed by atoms with van der Waals surface area (Å²) in [4.78, 5) is 0. The van der Waals surface area contributed by atoms with Crippen LogP contribution in [0.3, 0.4) is 0 Å². The smallest absolute Gasteiger partial charge is 0.126 e. The zero-order valence-electron chi connectivity index (χ0n) is 8.40. The number of aromatic nitrogens is 3. The minimum atomic E-state index is -0.603. The highest BCUT2D eigenvalue weighted by Crippen LogP contribution is 2.09. The Labute approximate surface area is 90.7 Å². The fraction of sp³-hybridized carbons (Fsp3) is 0.200. The van der Waals surface area contributed by atoms with Gasteiger partial charge in [0.15, 0.2) is 0 Å². The van der Waals surface area contributed by atoms with Crippen LogP contribution in [0.2, 0.25) is 0 Å². The molecule has 1 aromatic carbocycles. The van der Waals surface area contributed by atoms with Gasteiger partial charge in [-0.05, 0) is 17.7 Å². The van der Waals surface area contributed by atoms with Crippen molar-refractivity contribution in [1.82, 2.24) is 15.0 Å². The monoisotopic (exact) mass is 224 g/mol. The molecule has 16 heavy (non-hydrogen) atoms. The minimum Gasteiger partial charge on any atom is -0.325 e. The molecule has 0 radical (unpaired) electrons. The van der Waals surface area contributed by atoms with Gasteiger partial charge in [-0.25, -0.2) is 13.5 Å². The highest BCUT2D eigenvalue weighted by molar-refractivity contribution is 5.18. The van der Waals surface area contributed by atoms with Gasteiger partial charge in [0.05, 0.1) is 18.4 Å². The van der Waals surface area contributed by atoms with Gasteiger partial charge in [0, 0.05) is 12.6 Å². The van der Waals surface area contributed by atoms with Gasteiger partial charge >= 0.3 is 0 Å². The Balaban J connectivity index is 2.19. The summed E-state index contributed by atoms with van der Waals surface area (Å²) < 4.78 is 27.3. The van der Waals surface area contributed by atoms with Crippen molar-refractivity contribution in [3.63, 3.8) is 0 Å². The number of hydrogen-bond donors (Lipinski definition) is 1. The van der Waals surface area contributed by atoms with Crippen LogP contribution in [0.15, 0.2) is 24.4 Å². The van der Waals surface area contributed by atoms with E-state index in [4.69, 9.17) is 5.73 Å². The van der Waals surface area contributed by atoms with E-state index < -0.39 is 11.6 Å². The third-order valence-electron chi connectivity index (χ3n) is 2.06. The van der Waals surface area contributed by atoms with Crippen molar-refractivity contribution in [3.05, 3.63) is 47.3 Å². The summed E-state index contributed by atoms with van der Waals surface area (Å²) in [6.45, 7) is 0.555. The number of nitrogens with two attached hydrogens (primary N) is 1. The predicted molar refractivity (Wildman–Crippen MR) is 53.4 cm³/mol. The molecule has 2 rings (SSSR count). The molecule has 0 aliphatic rings. The molecule has 0 aliphatic heterocycles. The topological polar surface area (TPSA) is 56.7 Å². The molecule has 1 heterocycles. The molecule has 6 heteroatoms. The van der Waals surface area contributed by atoms with Gasteiger partial charge < -0.3 is 5.73 Å². The molecule has 4 nitrogen and oxygen atoms in total. The molecule has 0 spiro atoms. The Bertz CT molecular complexity index is 475. The molecule has 2 aromatic rings. The average molecular weight is 224 g/mol. The van der Waals surface area contributed by atoms with Crippen molar-refractivity contribution in [2.75, 3.05) is 0 Å². The molecule has 0 atom stereocenters. The van der Waals surface area contributed by atoms with Crippen molar-refractivity contribution >= 4 is 0 Å². The molecule has 84 valence electrons. The fourth-order valence-corrected chi connectivity index (χ4v) is 1.40. The van der Waals surface area contributed by atoms with E-state index in [9.17, 15) is 8.78 Å². The highest BCUT2D eigenvalue weighted by atomic mass is 19.1. The van der Waals surface area contributed by atoms with Crippen LogP contribution in [0.1, 0.15) is 11.3 Å². The van der Waals surface area contributed by atoms with Crippen LogP contribution in [0.5, 0.6) is 0 Å². The predicted octanol–water partition coefficient (Wildman–Crippen LogP) is 1.06. The highest BCUT2D eigenvalue weighted by Gasteiger charge is 2.03. The minimum absolute atomic E-state index is 0.266. The molecule has 0 amide bonds. The normalized spacial score (nSPS) is 10.7. The number of nitrogens with zero attached hydrogens (tertiary/aromatic N) is 3. The van der Waals surface area contributed by atoms with Gasteiger partial charge in [-0.15, -0.1) is 5.10 Å². The molecule has 0 fully saturated rings. The maximum Gasteiger partial charge on any atom is 0.126 e. The lowest BCUT2D eigenvalue weighted by Crippen LogP contribution is -2.01. The van der Waals surface area contributed by atoms with Gasteiger partial charge in [-0.3, -0.25) is 0 Å². The summed E-state index contributed by atoms with van der Waals surface area (Å²) >= 11 is 0. The van der Waals surface area contributed by atoms with Gasteiger partial charge in [-0.2, -0.15) is 0 Å². The molecule has 0 unspecified atom stereocenters. The molecular weight excluding hydrogens is 214 g/mol. The lowest BCUT2D eigenvalue weighted by molar-refractivity contribution is 0.572. The number of hydrogen-bond acceptors (Lipinski definition) is 3. The largest absolute Gasteiger partial charge is 0.325 e.